The summed E-state index contributed by atoms with van der Waals surface area (Å²) in [6, 6.07) is 8.38. The van der Waals surface area contributed by atoms with Gasteiger partial charge in [0.15, 0.2) is 0 Å². The molecule has 0 spiro atoms. The van der Waals surface area contributed by atoms with Gasteiger partial charge in [0.05, 0.1) is 16.9 Å². The van der Waals surface area contributed by atoms with E-state index >= 15 is 0 Å². The van der Waals surface area contributed by atoms with Crippen molar-refractivity contribution in [3.63, 3.8) is 0 Å². The summed E-state index contributed by atoms with van der Waals surface area (Å²) in [5.74, 6) is -1.26. The predicted molar refractivity (Wildman–Crippen MR) is 102 cm³/mol. The summed E-state index contributed by atoms with van der Waals surface area (Å²) in [6.07, 6.45) is 3.27. The zero-order valence-corrected chi connectivity index (χ0v) is 15.7. The zero-order chi connectivity index (χ0) is 20.4. The van der Waals surface area contributed by atoms with E-state index in [0.717, 1.165) is 16.7 Å². The number of nitro benzene ring substituents is 1. The van der Waals surface area contributed by atoms with Gasteiger partial charge in [-0.15, -0.1) is 0 Å². The number of nitrogens with zero attached hydrogens (tertiary/aromatic N) is 3. The zero-order valence-electron chi connectivity index (χ0n) is 14.9. The molecule has 2 aromatic rings. The van der Waals surface area contributed by atoms with Gasteiger partial charge in [-0.25, -0.2) is 4.79 Å². The van der Waals surface area contributed by atoms with Crippen LogP contribution >= 0.6 is 11.8 Å². The summed E-state index contributed by atoms with van der Waals surface area (Å²) in [5.41, 5.74) is 1.23. The third-order valence-corrected chi connectivity index (χ3v) is 5.03. The van der Waals surface area contributed by atoms with Crippen molar-refractivity contribution in [2.24, 2.45) is 0 Å². The number of hydrogen-bond donors (Lipinski definition) is 0. The molecule has 1 aliphatic heterocycles. The van der Waals surface area contributed by atoms with Crippen LogP contribution in [0.15, 0.2) is 47.5 Å². The molecule has 28 heavy (non-hydrogen) atoms. The van der Waals surface area contributed by atoms with E-state index in [1.54, 1.807) is 35.0 Å². The van der Waals surface area contributed by atoms with Crippen molar-refractivity contribution >= 4 is 40.6 Å². The molecule has 1 atom stereocenters. The largest absolute Gasteiger partial charge is 0.467 e. The number of nitro groups is 1. The van der Waals surface area contributed by atoms with Crippen LogP contribution in [0.1, 0.15) is 12.6 Å². The van der Waals surface area contributed by atoms with E-state index in [4.69, 9.17) is 0 Å². The van der Waals surface area contributed by atoms with Crippen molar-refractivity contribution in [3.05, 3.63) is 63.3 Å². The molecule has 1 unspecified atom stereocenters. The van der Waals surface area contributed by atoms with Gasteiger partial charge in [0.2, 0.25) is 0 Å². The second-order valence-electron chi connectivity index (χ2n) is 5.83. The van der Waals surface area contributed by atoms with Gasteiger partial charge in [-0.1, -0.05) is 0 Å². The van der Waals surface area contributed by atoms with Crippen LogP contribution in [0.2, 0.25) is 0 Å². The number of carbonyl (C=O) groups excluding carboxylic acids is 3. The van der Waals surface area contributed by atoms with E-state index in [-0.39, 0.29) is 10.6 Å². The van der Waals surface area contributed by atoms with E-state index in [1.165, 1.54) is 32.2 Å². The van der Waals surface area contributed by atoms with Crippen LogP contribution in [0.25, 0.3) is 11.8 Å². The molecule has 0 radical (unpaired) electrons. The molecule has 1 saturated heterocycles. The van der Waals surface area contributed by atoms with E-state index in [1.807, 2.05) is 0 Å². The van der Waals surface area contributed by atoms with Gasteiger partial charge in [0, 0.05) is 29.7 Å². The van der Waals surface area contributed by atoms with E-state index in [0.29, 0.717) is 11.4 Å². The number of aromatic nitrogens is 1. The third-order valence-electron chi connectivity index (χ3n) is 4.15. The lowest BCUT2D eigenvalue weighted by molar-refractivity contribution is -0.384. The van der Waals surface area contributed by atoms with Crippen LogP contribution in [0.4, 0.5) is 10.5 Å². The molecule has 10 heteroatoms. The van der Waals surface area contributed by atoms with Crippen LogP contribution in [0.5, 0.6) is 0 Å². The quantitative estimate of drug-likeness (QED) is 0.328. The number of thioether (sulfide) groups is 1. The highest BCUT2D eigenvalue weighted by Gasteiger charge is 2.41. The minimum Gasteiger partial charge on any atom is -0.467 e. The predicted octanol–water partition coefficient (Wildman–Crippen LogP) is 2.98. The number of methoxy groups -OCH3 is 1. The summed E-state index contributed by atoms with van der Waals surface area (Å²) in [4.78, 5) is 47.8. The molecule has 144 valence electrons. The normalized spacial score (nSPS) is 16.5. The Hall–Kier alpha value is -3.40. The van der Waals surface area contributed by atoms with Gasteiger partial charge in [0.1, 0.15) is 6.04 Å². The van der Waals surface area contributed by atoms with Crippen LogP contribution < -0.4 is 0 Å². The average molecular weight is 401 g/mol. The number of carbonyl (C=O) groups is 3. The number of ether oxygens (including phenoxy) is 1. The Morgan fingerprint density at radius 2 is 1.93 bits per heavy atom. The molecule has 3 rings (SSSR count). The summed E-state index contributed by atoms with van der Waals surface area (Å²) >= 11 is 0.735. The van der Waals surface area contributed by atoms with Gasteiger partial charge in [-0.05, 0) is 49.0 Å². The van der Waals surface area contributed by atoms with Gasteiger partial charge < -0.3 is 9.30 Å². The number of hydrogen-bond acceptors (Lipinski definition) is 7. The van der Waals surface area contributed by atoms with E-state index in [2.05, 4.69) is 4.74 Å². The maximum absolute atomic E-state index is 12.6. The lowest BCUT2D eigenvalue weighted by Gasteiger charge is -2.18. The van der Waals surface area contributed by atoms with Crippen LogP contribution in [-0.2, 0) is 14.3 Å². The SMILES string of the molecule is COC(=O)C(C)N1C(=O)SC(=Cc2cccn2-c2ccc([N+](=O)[O-])cc2)C1=O. The van der Waals surface area contributed by atoms with Crippen LogP contribution in [0.3, 0.4) is 0 Å². The number of rotatable bonds is 5. The number of amides is 2. The van der Waals surface area contributed by atoms with Crippen LogP contribution in [-0.4, -0.2) is 44.7 Å². The first-order valence-corrected chi connectivity index (χ1v) is 8.92. The number of non-ortho nitro benzene ring substituents is 1. The fraction of sp³-hybridized carbons (Fsp3) is 0.167. The Kier molecular flexibility index (Phi) is 5.32. The van der Waals surface area contributed by atoms with Crippen molar-refractivity contribution in [1.82, 2.24) is 9.47 Å². The smallest absolute Gasteiger partial charge is 0.328 e. The third kappa shape index (κ3) is 3.54. The molecule has 2 heterocycles. The van der Waals surface area contributed by atoms with Gasteiger partial charge >= 0.3 is 5.97 Å². The molecular weight excluding hydrogens is 386 g/mol. The molecule has 0 N–H and O–H groups in total. The standard InChI is InChI=1S/C18H15N3O6S/c1-11(17(23)27-2)20-16(22)15(28-18(20)24)10-14-4-3-9-19(14)12-5-7-13(8-6-12)21(25)26/h3-11H,1-2H3. The molecular formula is C18H15N3O6S. The Morgan fingerprint density at radius 3 is 2.54 bits per heavy atom. The maximum Gasteiger partial charge on any atom is 0.328 e. The molecule has 1 fully saturated rings. The van der Waals surface area contributed by atoms with Crippen molar-refractivity contribution in [2.45, 2.75) is 13.0 Å². The van der Waals surface area contributed by atoms with Crippen molar-refractivity contribution in [2.75, 3.05) is 7.11 Å². The average Bonchev–Trinajstić information content (AvgIpc) is 3.25. The molecule has 1 aromatic heterocycles. The second-order valence-corrected chi connectivity index (χ2v) is 6.82. The first-order valence-electron chi connectivity index (χ1n) is 8.10. The van der Waals surface area contributed by atoms with Gasteiger partial charge in [-0.2, -0.15) is 0 Å². The summed E-state index contributed by atoms with van der Waals surface area (Å²) < 4.78 is 6.32. The molecule has 1 aliphatic rings. The van der Waals surface area contributed by atoms with Crippen LogP contribution in [0, 0.1) is 10.1 Å². The Labute approximate surface area is 163 Å². The van der Waals surface area contributed by atoms with Gasteiger partial charge in [-0.3, -0.25) is 24.6 Å². The molecule has 0 bridgehead atoms. The summed E-state index contributed by atoms with van der Waals surface area (Å²) in [5, 5.41) is 10.2. The first-order chi connectivity index (χ1) is 13.3. The Bertz CT molecular complexity index is 995. The summed E-state index contributed by atoms with van der Waals surface area (Å²) in [7, 11) is 1.19. The Morgan fingerprint density at radius 1 is 1.25 bits per heavy atom. The fourth-order valence-corrected chi connectivity index (χ4v) is 3.60. The summed E-state index contributed by atoms with van der Waals surface area (Å²) in [6.45, 7) is 1.42. The van der Waals surface area contributed by atoms with E-state index in [9.17, 15) is 24.5 Å². The molecule has 0 saturated carbocycles. The number of imide groups is 1. The van der Waals surface area contributed by atoms with Gasteiger partial charge in [0.25, 0.3) is 16.8 Å². The maximum atomic E-state index is 12.6. The first kappa shape index (κ1) is 19.4. The lowest BCUT2D eigenvalue weighted by atomic mass is 10.2. The van der Waals surface area contributed by atoms with Crippen molar-refractivity contribution < 1.29 is 24.0 Å². The monoisotopic (exact) mass is 401 g/mol. The minimum atomic E-state index is -1.02. The van der Waals surface area contributed by atoms with E-state index < -0.39 is 28.1 Å². The minimum absolute atomic E-state index is 0.0321. The molecule has 9 nitrogen and oxygen atoms in total. The number of esters is 1. The Balaban J connectivity index is 1.90. The van der Waals surface area contributed by atoms with Crippen molar-refractivity contribution in [3.8, 4) is 5.69 Å². The highest BCUT2D eigenvalue weighted by molar-refractivity contribution is 8.18. The fourth-order valence-electron chi connectivity index (χ4n) is 2.71. The molecule has 0 aliphatic carbocycles. The lowest BCUT2D eigenvalue weighted by Crippen LogP contribution is -2.42. The van der Waals surface area contributed by atoms with Crippen molar-refractivity contribution in [1.29, 1.82) is 0 Å². The highest BCUT2D eigenvalue weighted by atomic mass is 32.2. The topological polar surface area (TPSA) is 112 Å². The number of benzene rings is 1. The molecule has 2 amide bonds. The second kappa shape index (κ2) is 7.69. The highest BCUT2D eigenvalue weighted by Crippen LogP contribution is 2.34. The molecule has 1 aromatic carbocycles.